The van der Waals surface area contributed by atoms with Crippen molar-refractivity contribution in [2.75, 3.05) is 6.26 Å². The first-order chi connectivity index (χ1) is 5.15. The van der Waals surface area contributed by atoms with E-state index in [0.29, 0.717) is 4.91 Å². The molecule has 0 saturated carbocycles. The molecule has 0 aromatic carbocycles. The van der Waals surface area contributed by atoms with Crippen LogP contribution >= 0.6 is 11.8 Å². The van der Waals surface area contributed by atoms with Crippen molar-refractivity contribution in [3.63, 3.8) is 0 Å². The maximum atomic E-state index is 10.9. The largest absolute Gasteiger partial charge is 0.504 e. The Labute approximate surface area is 67.8 Å². The molecular weight excluding hydrogens is 164 g/mol. The Hall–Kier alpha value is -1.03. The molecule has 1 aliphatic carbocycles. The lowest BCUT2D eigenvalue weighted by molar-refractivity contribution is -0.116. The van der Waals surface area contributed by atoms with Crippen LogP contribution in [0.1, 0.15) is 0 Å². The van der Waals surface area contributed by atoms with Gasteiger partial charge in [-0.1, -0.05) is 0 Å². The number of rotatable bonds is 1. The molecule has 0 saturated heterocycles. The number of aliphatic hydroxyl groups excluding tert-OH is 1. The van der Waals surface area contributed by atoms with Gasteiger partial charge in [0.05, 0.1) is 4.91 Å². The summed E-state index contributed by atoms with van der Waals surface area (Å²) < 4.78 is 0. The number of carbonyl (C=O) groups excluding carboxylic acids is 2. The molecule has 3 nitrogen and oxygen atoms in total. The minimum Gasteiger partial charge on any atom is -0.504 e. The van der Waals surface area contributed by atoms with Gasteiger partial charge in [-0.3, -0.25) is 9.59 Å². The molecule has 58 valence electrons. The van der Waals surface area contributed by atoms with Crippen LogP contribution < -0.4 is 0 Å². The Morgan fingerprint density at radius 1 is 1.27 bits per heavy atom. The van der Waals surface area contributed by atoms with Crippen molar-refractivity contribution in [1.29, 1.82) is 0 Å². The molecule has 0 fully saturated rings. The minimum atomic E-state index is -0.506. The van der Waals surface area contributed by atoms with Crippen LogP contribution in [0.5, 0.6) is 0 Å². The third kappa shape index (κ3) is 1.51. The fourth-order valence-corrected chi connectivity index (χ4v) is 1.18. The van der Waals surface area contributed by atoms with E-state index in [-0.39, 0.29) is 5.78 Å². The second kappa shape index (κ2) is 2.92. The Morgan fingerprint density at radius 3 is 2.45 bits per heavy atom. The predicted octanol–water partition coefficient (Wildman–Crippen LogP) is 0.827. The smallest absolute Gasteiger partial charge is 0.221 e. The zero-order valence-corrected chi connectivity index (χ0v) is 6.64. The van der Waals surface area contributed by atoms with E-state index in [1.165, 1.54) is 11.8 Å². The van der Waals surface area contributed by atoms with Gasteiger partial charge in [-0.25, -0.2) is 0 Å². The highest BCUT2D eigenvalue weighted by Crippen LogP contribution is 2.18. The van der Waals surface area contributed by atoms with Gasteiger partial charge in [-0.05, 0) is 6.26 Å². The van der Waals surface area contributed by atoms with E-state index in [1.807, 2.05) is 0 Å². The van der Waals surface area contributed by atoms with Crippen LogP contribution in [0.2, 0.25) is 0 Å². The molecule has 0 aromatic heterocycles. The highest BCUT2D eigenvalue weighted by molar-refractivity contribution is 8.03. The van der Waals surface area contributed by atoms with Crippen molar-refractivity contribution in [3.8, 4) is 0 Å². The first-order valence-corrected chi connectivity index (χ1v) is 4.12. The highest BCUT2D eigenvalue weighted by Gasteiger charge is 2.18. The van der Waals surface area contributed by atoms with Gasteiger partial charge in [0.15, 0.2) is 11.5 Å². The van der Waals surface area contributed by atoms with Gasteiger partial charge in [-0.2, -0.15) is 0 Å². The number of thioether (sulfide) groups is 1. The molecule has 0 heterocycles. The number of ketones is 2. The Bertz CT molecular complexity index is 275. The summed E-state index contributed by atoms with van der Waals surface area (Å²) in [5, 5.41) is 8.80. The molecule has 0 aliphatic heterocycles. The van der Waals surface area contributed by atoms with Crippen LogP contribution in [0, 0.1) is 0 Å². The van der Waals surface area contributed by atoms with Crippen LogP contribution in [0.25, 0.3) is 0 Å². The molecule has 11 heavy (non-hydrogen) atoms. The van der Waals surface area contributed by atoms with Crippen molar-refractivity contribution in [1.82, 2.24) is 0 Å². The molecule has 4 heteroatoms. The van der Waals surface area contributed by atoms with E-state index < -0.39 is 11.5 Å². The lowest BCUT2D eigenvalue weighted by atomic mass is 10.1. The first kappa shape index (κ1) is 8.07. The van der Waals surface area contributed by atoms with E-state index in [4.69, 9.17) is 5.11 Å². The highest BCUT2D eigenvalue weighted by atomic mass is 32.2. The average molecular weight is 170 g/mol. The summed E-state index contributed by atoms with van der Waals surface area (Å²) in [6, 6.07) is 0. The molecule has 0 aromatic rings. The molecule has 0 unspecified atom stereocenters. The zero-order chi connectivity index (χ0) is 8.43. The van der Waals surface area contributed by atoms with E-state index in [9.17, 15) is 9.59 Å². The number of hydrogen-bond donors (Lipinski definition) is 1. The third-order valence-electron chi connectivity index (χ3n) is 1.25. The number of carbonyl (C=O) groups is 2. The molecular formula is C7H6O3S. The predicted molar refractivity (Wildman–Crippen MR) is 42.3 cm³/mol. The molecule has 1 rings (SSSR count). The molecule has 1 N–H and O–H groups in total. The van der Waals surface area contributed by atoms with Crippen molar-refractivity contribution in [3.05, 3.63) is 22.8 Å². The van der Waals surface area contributed by atoms with E-state index >= 15 is 0 Å². The van der Waals surface area contributed by atoms with Crippen LogP contribution in [0.15, 0.2) is 22.8 Å². The first-order valence-electron chi connectivity index (χ1n) is 2.90. The van der Waals surface area contributed by atoms with Crippen LogP contribution in [0.3, 0.4) is 0 Å². The van der Waals surface area contributed by atoms with Gasteiger partial charge in [0.25, 0.3) is 0 Å². The standard InChI is InChI=1S/C7H6O3S/c1-11-7-3-5(9)4(8)2-6(7)10/h2-3,8H,1H3. The molecule has 0 bridgehead atoms. The maximum Gasteiger partial charge on any atom is 0.221 e. The van der Waals surface area contributed by atoms with Crippen molar-refractivity contribution in [2.45, 2.75) is 0 Å². The normalized spacial score (nSPS) is 17.9. The number of hydrogen-bond acceptors (Lipinski definition) is 4. The van der Waals surface area contributed by atoms with Gasteiger partial charge in [0, 0.05) is 12.2 Å². The lowest BCUT2D eigenvalue weighted by Gasteiger charge is -2.04. The van der Waals surface area contributed by atoms with E-state index in [2.05, 4.69) is 0 Å². The van der Waals surface area contributed by atoms with Gasteiger partial charge in [0.2, 0.25) is 5.78 Å². The lowest BCUT2D eigenvalue weighted by Crippen LogP contribution is -2.10. The average Bonchev–Trinajstić information content (AvgIpc) is 1.97. The summed E-state index contributed by atoms with van der Waals surface area (Å²) in [5.74, 6) is -1.30. The van der Waals surface area contributed by atoms with Gasteiger partial charge >= 0.3 is 0 Å². The van der Waals surface area contributed by atoms with Gasteiger partial charge in [0.1, 0.15) is 0 Å². The van der Waals surface area contributed by atoms with Gasteiger partial charge < -0.3 is 5.11 Å². The Balaban J connectivity index is 2.98. The van der Waals surface area contributed by atoms with Crippen LogP contribution in [0.4, 0.5) is 0 Å². The summed E-state index contributed by atoms with van der Waals surface area (Å²) in [6.45, 7) is 0. The monoisotopic (exact) mass is 170 g/mol. The summed E-state index contributed by atoms with van der Waals surface area (Å²) >= 11 is 1.19. The van der Waals surface area contributed by atoms with Crippen molar-refractivity contribution >= 4 is 23.3 Å². The molecule has 0 spiro atoms. The molecule has 1 aliphatic rings. The van der Waals surface area contributed by atoms with Gasteiger partial charge in [-0.15, -0.1) is 11.8 Å². The van der Waals surface area contributed by atoms with Crippen molar-refractivity contribution in [2.24, 2.45) is 0 Å². The number of allylic oxidation sites excluding steroid dienone is 3. The zero-order valence-electron chi connectivity index (χ0n) is 5.83. The van der Waals surface area contributed by atoms with E-state index in [0.717, 1.165) is 12.2 Å². The molecule has 0 amide bonds. The Kier molecular flexibility index (Phi) is 2.14. The summed E-state index contributed by atoms with van der Waals surface area (Å²) in [4.78, 5) is 22.0. The third-order valence-corrected chi connectivity index (χ3v) is 2.00. The summed E-state index contributed by atoms with van der Waals surface area (Å²) in [6.07, 6.45) is 3.78. The van der Waals surface area contributed by atoms with Crippen molar-refractivity contribution < 1.29 is 14.7 Å². The number of aliphatic hydroxyl groups is 1. The second-order valence-electron chi connectivity index (χ2n) is 1.97. The minimum absolute atomic E-state index is 0.311. The topological polar surface area (TPSA) is 54.4 Å². The quantitative estimate of drug-likeness (QED) is 0.592. The SMILES string of the molecule is CSC1=CC(=O)C(O)=CC1=O. The summed E-state index contributed by atoms with van der Waals surface area (Å²) in [7, 11) is 0. The molecule has 0 atom stereocenters. The second-order valence-corrected chi connectivity index (χ2v) is 2.82. The molecule has 0 radical (unpaired) electrons. The Morgan fingerprint density at radius 2 is 1.91 bits per heavy atom. The fraction of sp³-hybridized carbons (Fsp3) is 0.143. The van der Waals surface area contributed by atoms with E-state index in [1.54, 1.807) is 6.26 Å². The summed E-state index contributed by atoms with van der Waals surface area (Å²) in [5.41, 5.74) is 0. The van der Waals surface area contributed by atoms with Crippen LogP contribution in [-0.2, 0) is 9.59 Å². The maximum absolute atomic E-state index is 10.9. The fourth-order valence-electron chi connectivity index (χ4n) is 0.690. The van der Waals surface area contributed by atoms with Crippen LogP contribution in [-0.4, -0.2) is 22.9 Å².